The highest BCUT2D eigenvalue weighted by molar-refractivity contribution is 6.24. The van der Waals surface area contributed by atoms with Crippen molar-refractivity contribution in [2.45, 2.75) is 0 Å². The van der Waals surface area contributed by atoms with Crippen molar-refractivity contribution in [2.24, 2.45) is 0 Å². The van der Waals surface area contributed by atoms with Crippen molar-refractivity contribution in [1.29, 1.82) is 0 Å². The Hall–Kier alpha value is -3.73. The van der Waals surface area contributed by atoms with Gasteiger partial charge in [0.1, 0.15) is 11.6 Å². The van der Waals surface area contributed by atoms with Gasteiger partial charge in [-0.2, -0.15) is 0 Å². The summed E-state index contributed by atoms with van der Waals surface area (Å²) in [4.78, 5) is 8.25. The number of para-hydroxylation sites is 1. The molecule has 6 N–H and O–H groups in total. The van der Waals surface area contributed by atoms with Crippen LogP contribution in [0.5, 0.6) is 5.75 Å². The second-order valence-electron chi connectivity index (χ2n) is 6.43. The van der Waals surface area contributed by atoms with Gasteiger partial charge in [-0.05, 0) is 53.2 Å². The normalized spacial score (nSPS) is 11.5. The molecule has 0 bridgehead atoms. The topological polar surface area (TPSA) is 101 Å². The summed E-state index contributed by atoms with van der Waals surface area (Å²) in [6, 6.07) is 18.7. The first-order valence-corrected chi connectivity index (χ1v) is 8.30. The lowest BCUT2D eigenvalue weighted by Crippen LogP contribution is -1.90. The summed E-state index contributed by atoms with van der Waals surface area (Å²) in [6.45, 7) is 0. The van der Waals surface area contributed by atoms with Gasteiger partial charge in [0.2, 0.25) is 0 Å². The van der Waals surface area contributed by atoms with E-state index in [0.717, 1.165) is 44.0 Å². The molecule has 1 heterocycles. The van der Waals surface area contributed by atoms with Gasteiger partial charge in [-0.15, -0.1) is 0 Å². The van der Waals surface area contributed by atoms with Gasteiger partial charge in [0.15, 0.2) is 0 Å². The van der Waals surface area contributed by atoms with E-state index in [9.17, 15) is 5.11 Å². The fraction of sp³-hybridized carbons (Fsp3) is 0. The molecule has 0 unspecified atom stereocenters. The van der Waals surface area contributed by atoms with Crippen molar-refractivity contribution in [3.05, 3.63) is 60.7 Å². The van der Waals surface area contributed by atoms with Crippen molar-refractivity contribution < 1.29 is 5.11 Å². The summed E-state index contributed by atoms with van der Waals surface area (Å²) in [7, 11) is 0. The van der Waals surface area contributed by atoms with E-state index in [-0.39, 0.29) is 5.75 Å². The molecule has 0 spiro atoms. The van der Waals surface area contributed by atoms with Crippen molar-refractivity contribution in [3.63, 3.8) is 0 Å². The maximum Gasteiger partial charge on any atom is 0.140 e. The molecule has 0 fully saturated rings. The van der Waals surface area contributed by atoms with Crippen LogP contribution in [0.1, 0.15) is 0 Å². The molecule has 1 aromatic heterocycles. The molecular formula is C21H16N4O. The van der Waals surface area contributed by atoms with Gasteiger partial charge in [-0.25, -0.2) is 4.98 Å². The Labute approximate surface area is 148 Å². The first-order valence-electron chi connectivity index (χ1n) is 8.30. The summed E-state index contributed by atoms with van der Waals surface area (Å²) < 4.78 is 0. The number of hydrogen-bond donors (Lipinski definition) is 4. The first-order chi connectivity index (χ1) is 12.6. The van der Waals surface area contributed by atoms with Gasteiger partial charge in [0, 0.05) is 27.7 Å². The molecule has 126 valence electrons. The molecule has 0 aliphatic carbocycles. The predicted molar refractivity (Wildman–Crippen MR) is 107 cm³/mol. The number of phenols is 1. The molecule has 5 aromatic rings. The van der Waals surface area contributed by atoms with Gasteiger partial charge in [-0.1, -0.05) is 18.2 Å². The standard InChI is InChI=1S/C21H16N4O/c22-11-5-7-13-16(9-11)17-10-12(26)6-8-14(17)20-19(13)24-21(25-20)15-3-1-2-4-18(15)23/h1-10,26H,22-23H2,(H,24,25). The van der Waals surface area contributed by atoms with Crippen LogP contribution in [0, 0.1) is 0 Å². The van der Waals surface area contributed by atoms with Gasteiger partial charge >= 0.3 is 0 Å². The summed E-state index contributed by atoms with van der Waals surface area (Å²) in [5.41, 5.74) is 16.1. The maximum atomic E-state index is 9.97. The predicted octanol–water partition coefficient (Wildman–Crippen LogP) is 4.41. The number of hydrogen-bond acceptors (Lipinski definition) is 4. The van der Waals surface area contributed by atoms with Crippen molar-refractivity contribution in [3.8, 4) is 17.1 Å². The fourth-order valence-corrected chi connectivity index (χ4v) is 3.57. The lowest BCUT2D eigenvalue weighted by molar-refractivity contribution is 0.476. The van der Waals surface area contributed by atoms with Crippen molar-refractivity contribution >= 4 is 44.0 Å². The van der Waals surface area contributed by atoms with E-state index < -0.39 is 0 Å². The quantitative estimate of drug-likeness (QED) is 0.268. The number of imidazole rings is 1. The summed E-state index contributed by atoms with van der Waals surface area (Å²) in [5.74, 6) is 0.931. The number of nitrogens with zero attached hydrogens (tertiary/aromatic N) is 1. The number of nitrogens with two attached hydrogens (primary N) is 2. The van der Waals surface area contributed by atoms with E-state index in [1.165, 1.54) is 0 Å². The van der Waals surface area contributed by atoms with Crippen LogP contribution >= 0.6 is 0 Å². The summed E-state index contributed by atoms with van der Waals surface area (Å²) >= 11 is 0. The van der Waals surface area contributed by atoms with E-state index in [0.29, 0.717) is 11.4 Å². The zero-order valence-electron chi connectivity index (χ0n) is 13.8. The summed E-state index contributed by atoms with van der Waals surface area (Å²) in [5, 5.41) is 13.8. The number of phenolic OH excluding ortho intramolecular Hbond substituents is 1. The van der Waals surface area contributed by atoms with Crippen LogP contribution < -0.4 is 11.5 Å². The molecule has 0 amide bonds. The van der Waals surface area contributed by atoms with Gasteiger partial charge in [0.05, 0.1) is 11.0 Å². The third-order valence-corrected chi connectivity index (χ3v) is 4.78. The Morgan fingerprint density at radius 2 is 1.58 bits per heavy atom. The number of H-pyrrole nitrogens is 1. The Kier molecular flexibility index (Phi) is 2.88. The van der Waals surface area contributed by atoms with Crippen LogP contribution in [0.15, 0.2) is 60.7 Å². The second-order valence-corrected chi connectivity index (χ2v) is 6.43. The minimum absolute atomic E-state index is 0.212. The number of nitrogens with one attached hydrogen (secondary N) is 1. The van der Waals surface area contributed by atoms with Crippen LogP contribution in [0.25, 0.3) is 44.0 Å². The highest BCUT2D eigenvalue weighted by Gasteiger charge is 2.15. The number of fused-ring (bicyclic) bond motifs is 6. The molecule has 0 atom stereocenters. The van der Waals surface area contributed by atoms with E-state index in [1.54, 1.807) is 12.1 Å². The van der Waals surface area contributed by atoms with E-state index in [1.807, 2.05) is 48.5 Å². The fourth-order valence-electron chi connectivity index (χ4n) is 3.57. The molecule has 0 saturated heterocycles. The number of aromatic nitrogens is 2. The number of benzene rings is 4. The minimum atomic E-state index is 0.212. The second kappa shape index (κ2) is 5.13. The third-order valence-electron chi connectivity index (χ3n) is 4.78. The molecular weight excluding hydrogens is 324 g/mol. The Morgan fingerprint density at radius 3 is 2.42 bits per heavy atom. The van der Waals surface area contributed by atoms with Crippen LogP contribution in [0.4, 0.5) is 11.4 Å². The molecule has 0 aliphatic rings. The third kappa shape index (κ3) is 2.01. The largest absolute Gasteiger partial charge is 0.508 e. The zero-order chi connectivity index (χ0) is 17.8. The van der Waals surface area contributed by atoms with Gasteiger partial charge in [0.25, 0.3) is 0 Å². The van der Waals surface area contributed by atoms with E-state index in [4.69, 9.17) is 16.5 Å². The van der Waals surface area contributed by atoms with Crippen molar-refractivity contribution in [2.75, 3.05) is 11.5 Å². The smallest absolute Gasteiger partial charge is 0.140 e. The number of anilines is 2. The lowest BCUT2D eigenvalue weighted by Gasteiger charge is -2.07. The molecule has 0 aliphatic heterocycles. The summed E-state index contributed by atoms with van der Waals surface area (Å²) in [6.07, 6.45) is 0. The van der Waals surface area contributed by atoms with Crippen LogP contribution in [-0.2, 0) is 0 Å². The van der Waals surface area contributed by atoms with Crippen LogP contribution in [0.3, 0.4) is 0 Å². The lowest BCUT2D eigenvalue weighted by atomic mass is 9.99. The monoisotopic (exact) mass is 340 g/mol. The van der Waals surface area contributed by atoms with Crippen LogP contribution in [-0.4, -0.2) is 15.1 Å². The first kappa shape index (κ1) is 14.6. The average molecular weight is 340 g/mol. The molecule has 5 nitrogen and oxygen atoms in total. The highest BCUT2D eigenvalue weighted by atomic mass is 16.3. The zero-order valence-corrected chi connectivity index (χ0v) is 13.8. The molecule has 0 saturated carbocycles. The van der Waals surface area contributed by atoms with Gasteiger partial charge < -0.3 is 21.6 Å². The SMILES string of the molecule is Nc1ccc2c(c1)c1cc(O)ccc1c1nc(-c3ccccc3N)[nH]c21. The minimum Gasteiger partial charge on any atom is -0.508 e. The molecule has 0 radical (unpaired) electrons. The van der Waals surface area contributed by atoms with E-state index >= 15 is 0 Å². The number of aromatic amines is 1. The molecule has 26 heavy (non-hydrogen) atoms. The van der Waals surface area contributed by atoms with Gasteiger partial charge in [-0.3, -0.25) is 0 Å². The Morgan fingerprint density at radius 1 is 0.808 bits per heavy atom. The molecule has 5 heteroatoms. The number of aromatic hydroxyl groups is 1. The average Bonchev–Trinajstić information content (AvgIpc) is 3.07. The van der Waals surface area contributed by atoms with E-state index in [2.05, 4.69) is 4.98 Å². The number of rotatable bonds is 1. The maximum absolute atomic E-state index is 9.97. The Balaban J connectivity index is 1.98. The highest BCUT2D eigenvalue weighted by Crippen LogP contribution is 2.38. The number of nitrogen functional groups attached to an aromatic ring is 2. The van der Waals surface area contributed by atoms with Crippen LogP contribution in [0.2, 0.25) is 0 Å². The Bertz CT molecular complexity index is 1240. The molecule has 5 rings (SSSR count). The van der Waals surface area contributed by atoms with Crippen molar-refractivity contribution in [1.82, 2.24) is 9.97 Å². The molecule has 4 aromatic carbocycles.